The van der Waals surface area contributed by atoms with Gasteiger partial charge < -0.3 is 15.2 Å². The van der Waals surface area contributed by atoms with Crippen LogP contribution >= 0.6 is 11.6 Å². The number of fused-ring (bicyclic) bond motifs is 1. The van der Waals surface area contributed by atoms with Crippen LogP contribution in [-0.4, -0.2) is 17.8 Å². The van der Waals surface area contributed by atoms with Crippen LogP contribution < -0.4 is 10.1 Å². The molecule has 3 aromatic rings. The van der Waals surface area contributed by atoms with Gasteiger partial charge in [-0.3, -0.25) is 0 Å². The number of hydrogen-bond acceptors (Lipinski definition) is 3. The van der Waals surface area contributed by atoms with Crippen LogP contribution in [0.3, 0.4) is 0 Å². The van der Waals surface area contributed by atoms with E-state index in [2.05, 4.69) is 30.4 Å². The summed E-state index contributed by atoms with van der Waals surface area (Å²) in [5, 5.41) is 16.0. The van der Waals surface area contributed by atoms with Crippen LogP contribution in [0.1, 0.15) is 24.5 Å². The first-order chi connectivity index (χ1) is 12.7. The molecule has 0 heterocycles. The normalized spacial score (nSPS) is 12.3. The highest BCUT2D eigenvalue weighted by Crippen LogP contribution is 2.29. The van der Waals surface area contributed by atoms with Crippen molar-refractivity contribution < 1.29 is 9.84 Å². The molecule has 0 aliphatic rings. The number of hydrogen-bond donors (Lipinski definition) is 2. The van der Waals surface area contributed by atoms with Gasteiger partial charge in [0.05, 0.1) is 6.61 Å². The van der Waals surface area contributed by atoms with Crippen LogP contribution in [-0.2, 0) is 13.2 Å². The third-order valence-electron chi connectivity index (χ3n) is 4.59. The molecule has 0 saturated carbocycles. The Bertz CT molecular complexity index is 844. The van der Waals surface area contributed by atoms with Gasteiger partial charge in [0.25, 0.3) is 0 Å². The van der Waals surface area contributed by atoms with Crippen molar-refractivity contribution in [1.29, 1.82) is 0 Å². The molecule has 136 valence electrons. The molecule has 0 aliphatic carbocycles. The topological polar surface area (TPSA) is 41.5 Å². The van der Waals surface area contributed by atoms with Gasteiger partial charge in [-0.2, -0.15) is 0 Å². The van der Waals surface area contributed by atoms with Crippen LogP contribution in [0.15, 0.2) is 60.7 Å². The molecule has 1 atom stereocenters. The molecule has 0 radical (unpaired) electrons. The lowest BCUT2D eigenvalue weighted by Gasteiger charge is -2.18. The predicted octanol–water partition coefficient (Wildman–Crippen LogP) is 4.93. The van der Waals surface area contributed by atoms with E-state index >= 15 is 0 Å². The molecule has 0 fully saturated rings. The number of benzene rings is 3. The molecular formula is C22H24ClNO2. The predicted molar refractivity (Wildman–Crippen MR) is 108 cm³/mol. The van der Waals surface area contributed by atoms with Gasteiger partial charge in [-0.05, 0) is 41.0 Å². The van der Waals surface area contributed by atoms with Crippen LogP contribution in [0.5, 0.6) is 5.75 Å². The fourth-order valence-electron chi connectivity index (χ4n) is 2.96. The van der Waals surface area contributed by atoms with E-state index in [0.717, 1.165) is 28.3 Å². The Labute approximate surface area is 159 Å². The molecule has 0 amide bonds. The maximum atomic E-state index is 9.46. The third kappa shape index (κ3) is 4.55. The second-order valence-electron chi connectivity index (χ2n) is 6.35. The monoisotopic (exact) mass is 369 g/mol. The molecule has 2 N–H and O–H groups in total. The number of aliphatic hydroxyl groups is 1. The second kappa shape index (κ2) is 9.04. The minimum Gasteiger partial charge on any atom is -0.489 e. The molecule has 0 bridgehead atoms. The molecule has 26 heavy (non-hydrogen) atoms. The average Bonchev–Trinajstić information content (AvgIpc) is 2.68. The largest absolute Gasteiger partial charge is 0.489 e. The number of ether oxygens (including phenoxy) is 1. The van der Waals surface area contributed by atoms with E-state index < -0.39 is 0 Å². The quantitative estimate of drug-likeness (QED) is 0.591. The fourth-order valence-corrected chi connectivity index (χ4v) is 3.09. The summed E-state index contributed by atoms with van der Waals surface area (Å²) in [7, 11) is 0. The summed E-state index contributed by atoms with van der Waals surface area (Å²) in [5.74, 6) is 0.860. The van der Waals surface area contributed by atoms with Crippen molar-refractivity contribution in [3.8, 4) is 5.75 Å². The van der Waals surface area contributed by atoms with Gasteiger partial charge in [0.15, 0.2) is 0 Å². The molecule has 3 aromatic carbocycles. The van der Waals surface area contributed by atoms with E-state index in [4.69, 9.17) is 16.3 Å². The van der Waals surface area contributed by atoms with Crippen molar-refractivity contribution in [3.63, 3.8) is 0 Å². The zero-order valence-corrected chi connectivity index (χ0v) is 15.7. The summed E-state index contributed by atoms with van der Waals surface area (Å²) in [6, 6.07) is 20.2. The molecule has 0 spiro atoms. The van der Waals surface area contributed by atoms with Gasteiger partial charge in [-0.15, -0.1) is 0 Å². The van der Waals surface area contributed by atoms with Gasteiger partial charge >= 0.3 is 0 Å². The van der Waals surface area contributed by atoms with E-state index in [-0.39, 0.29) is 12.6 Å². The van der Waals surface area contributed by atoms with Crippen molar-refractivity contribution >= 4 is 22.4 Å². The summed E-state index contributed by atoms with van der Waals surface area (Å²) in [5.41, 5.74) is 2.19. The maximum Gasteiger partial charge on any atom is 0.124 e. The van der Waals surface area contributed by atoms with Crippen molar-refractivity contribution in [2.45, 2.75) is 32.5 Å². The summed E-state index contributed by atoms with van der Waals surface area (Å²) >= 11 is 5.95. The zero-order valence-electron chi connectivity index (χ0n) is 14.9. The Balaban J connectivity index is 1.85. The SMILES string of the molecule is CC[C@H](CO)NCc1c(OCc2ccc(Cl)cc2)ccc2ccccc12. The number of rotatable bonds is 8. The first kappa shape index (κ1) is 18.7. The minimum atomic E-state index is 0.0816. The van der Waals surface area contributed by atoms with Crippen molar-refractivity contribution in [3.05, 3.63) is 76.8 Å². The lowest BCUT2D eigenvalue weighted by Crippen LogP contribution is -2.31. The molecule has 0 aromatic heterocycles. The van der Waals surface area contributed by atoms with Crippen molar-refractivity contribution in [2.24, 2.45) is 0 Å². The summed E-state index contributed by atoms with van der Waals surface area (Å²) in [6.45, 7) is 3.33. The zero-order chi connectivity index (χ0) is 18.4. The van der Waals surface area contributed by atoms with E-state index in [1.807, 2.05) is 42.5 Å². The molecular weight excluding hydrogens is 346 g/mol. The molecule has 0 unspecified atom stereocenters. The van der Waals surface area contributed by atoms with Crippen LogP contribution in [0, 0.1) is 0 Å². The van der Waals surface area contributed by atoms with Crippen molar-refractivity contribution in [2.75, 3.05) is 6.61 Å². The van der Waals surface area contributed by atoms with Gasteiger partial charge in [0.2, 0.25) is 0 Å². The van der Waals surface area contributed by atoms with Crippen LogP contribution in [0.25, 0.3) is 10.8 Å². The second-order valence-corrected chi connectivity index (χ2v) is 6.78. The lowest BCUT2D eigenvalue weighted by atomic mass is 10.0. The fraction of sp³-hybridized carbons (Fsp3) is 0.273. The molecule has 0 aliphatic heterocycles. The van der Waals surface area contributed by atoms with Gasteiger partial charge in [0.1, 0.15) is 12.4 Å². The molecule has 3 rings (SSSR count). The highest BCUT2D eigenvalue weighted by atomic mass is 35.5. The van der Waals surface area contributed by atoms with Gasteiger partial charge in [0, 0.05) is 23.2 Å². The lowest BCUT2D eigenvalue weighted by molar-refractivity contribution is 0.237. The standard InChI is InChI=1S/C22H24ClNO2/c1-2-19(14-25)24-13-21-20-6-4-3-5-17(20)9-12-22(21)26-15-16-7-10-18(23)11-8-16/h3-12,19,24-25H,2,13-15H2,1H3/t19-/m1/s1. The molecule has 4 heteroatoms. The first-order valence-electron chi connectivity index (χ1n) is 8.93. The highest BCUT2D eigenvalue weighted by Gasteiger charge is 2.11. The molecule has 0 saturated heterocycles. The maximum absolute atomic E-state index is 9.46. The number of aliphatic hydroxyl groups excluding tert-OH is 1. The number of halogens is 1. The first-order valence-corrected chi connectivity index (χ1v) is 9.31. The van der Waals surface area contributed by atoms with Crippen LogP contribution in [0.2, 0.25) is 5.02 Å². The van der Waals surface area contributed by atoms with Gasteiger partial charge in [-0.1, -0.05) is 61.0 Å². The van der Waals surface area contributed by atoms with E-state index in [1.54, 1.807) is 0 Å². The molecule has 3 nitrogen and oxygen atoms in total. The Hall–Kier alpha value is -2.07. The van der Waals surface area contributed by atoms with E-state index in [1.165, 1.54) is 10.8 Å². The smallest absolute Gasteiger partial charge is 0.124 e. The summed E-state index contributed by atoms with van der Waals surface area (Å²) in [4.78, 5) is 0. The van der Waals surface area contributed by atoms with Crippen LogP contribution in [0.4, 0.5) is 0 Å². The summed E-state index contributed by atoms with van der Waals surface area (Å²) < 4.78 is 6.13. The van der Waals surface area contributed by atoms with Crippen molar-refractivity contribution in [1.82, 2.24) is 5.32 Å². The van der Waals surface area contributed by atoms with E-state index in [9.17, 15) is 5.11 Å². The number of nitrogens with one attached hydrogen (secondary N) is 1. The Morgan fingerprint density at radius 2 is 1.81 bits per heavy atom. The van der Waals surface area contributed by atoms with Gasteiger partial charge in [-0.25, -0.2) is 0 Å². The Morgan fingerprint density at radius 1 is 1.04 bits per heavy atom. The summed E-state index contributed by atoms with van der Waals surface area (Å²) in [6.07, 6.45) is 0.877. The minimum absolute atomic E-state index is 0.0816. The third-order valence-corrected chi connectivity index (χ3v) is 4.84. The average molecular weight is 370 g/mol. The highest BCUT2D eigenvalue weighted by molar-refractivity contribution is 6.30. The van der Waals surface area contributed by atoms with E-state index in [0.29, 0.717) is 13.2 Å². The Morgan fingerprint density at radius 3 is 2.54 bits per heavy atom. The Kier molecular flexibility index (Phi) is 6.51.